The summed E-state index contributed by atoms with van der Waals surface area (Å²) in [5.41, 5.74) is 1.81. The Bertz CT molecular complexity index is 698. The van der Waals surface area contributed by atoms with E-state index >= 15 is 0 Å². The van der Waals surface area contributed by atoms with Crippen molar-refractivity contribution in [1.82, 2.24) is 0 Å². The summed E-state index contributed by atoms with van der Waals surface area (Å²) >= 11 is 0. The van der Waals surface area contributed by atoms with Crippen LogP contribution in [0.3, 0.4) is 0 Å². The maximum absolute atomic E-state index is 12.0. The van der Waals surface area contributed by atoms with Crippen LogP contribution in [0.25, 0.3) is 0 Å². The second-order valence-electron chi connectivity index (χ2n) is 5.57. The maximum atomic E-state index is 12.0. The van der Waals surface area contributed by atoms with Gasteiger partial charge in [0.1, 0.15) is 0 Å². The van der Waals surface area contributed by atoms with Crippen molar-refractivity contribution in [2.75, 3.05) is 11.4 Å². The van der Waals surface area contributed by atoms with E-state index in [1.54, 1.807) is 12.1 Å². The topological polar surface area (TPSA) is 63.4 Å². The van der Waals surface area contributed by atoms with Crippen LogP contribution in [0.15, 0.2) is 47.5 Å². The molecule has 22 heavy (non-hydrogen) atoms. The van der Waals surface area contributed by atoms with Gasteiger partial charge in [-0.05, 0) is 37.8 Å². The van der Waals surface area contributed by atoms with Gasteiger partial charge in [0, 0.05) is 29.9 Å². The molecule has 0 saturated carbocycles. The van der Waals surface area contributed by atoms with E-state index in [0.29, 0.717) is 0 Å². The van der Waals surface area contributed by atoms with Gasteiger partial charge >= 0.3 is 0 Å². The molecule has 0 aromatic heterocycles. The highest BCUT2D eigenvalue weighted by Gasteiger charge is 2.26. The molecule has 1 heterocycles. The number of primary sulfonamides is 1. The fraction of sp³-hybridized carbons (Fsp3) is 0.375. The summed E-state index contributed by atoms with van der Waals surface area (Å²) in [6, 6.07) is 5.39. The van der Waals surface area contributed by atoms with Gasteiger partial charge in [-0.25, -0.2) is 13.6 Å². The summed E-state index contributed by atoms with van der Waals surface area (Å²) in [5, 5.41) is 5.44. The maximum Gasteiger partial charge on any atom is 0.238 e. The minimum Gasteiger partial charge on any atom is -0.348 e. The average molecular weight is 341 g/mol. The average Bonchev–Trinajstić information content (AvgIpc) is 3.00. The van der Waals surface area contributed by atoms with Crippen LogP contribution < -0.4 is 10.0 Å². The number of nitrogens with zero attached hydrogens (tertiary/aromatic N) is 1. The van der Waals surface area contributed by atoms with E-state index < -0.39 is 10.0 Å². The molecule has 6 heteroatoms. The highest BCUT2D eigenvalue weighted by Crippen LogP contribution is 2.39. The molecule has 0 saturated heterocycles. The molecule has 1 atom stereocenters. The van der Waals surface area contributed by atoms with Crippen molar-refractivity contribution in [3.8, 4) is 0 Å². The van der Waals surface area contributed by atoms with Gasteiger partial charge < -0.3 is 4.90 Å². The van der Waals surface area contributed by atoms with Crippen LogP contribution in [0.1, 0.15) is 37.2 Å². The smallest absolute Gasteiger partial charge is 0.238 e. The van der Waals surface area contributed by atoms with E-state index in [9.17, 15) is 8.42 Å². The van der Waals surface area contributed by atoms with E-state index in [4.69, 9.17) is 5.14 Å². The lowest BCUT2D eigenvalue weighted by molar-refractivity contribution is 0.595. The molecule has 2 N–H and O–H groups in total. The number of halogens is 1. The van der Waals surface area contributed by atoms with E-state index in [1.165, 1.54) is 0 Å². The lowest BCUT2D eigenvalue weighted by atomic mass is 9.95. The van der Waals surface area contributed by atoms with Crippen molar-refractivity contribution in [3.05, 3.63) is 48.2 Å². The summed E-state index contributed by atoms with van der Waals surface area (Å²) in [6.07, 6.45) is 12.5. The molecule has 1 aromatic carbocycles. The Morgan fingerprint density at radius 2 is 2.00 bits per heavy atom. The standard InChI is InChI=1S/C16H20N2O2S.ClH/c17-21(19,20)15-10-6-9-14(18-11-4-1-5-12-18)16(15)13-7-2-3-8-13;/h2,4,6-7,9-11,13H,1,3,5,8,12H2,(H2,17,19,20);1H. The first-order valence-electron chi connectivity index (χ1n) is 7.33. The van der Waals surface area contributed by atoms with Crippen LogP contribution >= 0.6 is 12.4 Å². The lowest BCUT2D eigenvalue weighted by Gasteiger charge is -2.28. The van der Waals surface area contributed by atoms with Crippen LogP contribution in [0, 0.1) is 0 Å². The molecule has 0 spiro atoms. The van der Waals surface area contributed by atoms with Gasteiger partial charge in [0.15, 0.2) is 0 Å². The SMILES string of the molecule is Cl.NS(=O)(=O)c1cccc(N2C=CCCC2)c1C1C=CCC1. The van der Waals surface area contributed by atoms with Crippen molar-refractivity contribution < 1.29 is 8.42 Å². The number of anilines is 1. The minimum absolute atomic E-state index is 0. The van der Waals surface area contributed by atoms with Crippen LogP contribution in [-0.2, 0) is 10.0 Å². The van der Waals surface area contributed by atoms with Gasteiger partial charge in [-0.15, -0.1) is 12.4 Å². The molecular weight excluding hydrogens is 320 g/mol. The fourth-order valence-corrected chi connectivity index (χ4v) is 3.96. The summed E-state index contributed by atoms with van der Waals surface area (Å²) in [6.45, 7) is 0.911. The van der Waals surface area contributed by atoms with Gasteiger partial charge in [-0.2, -0.15) is 0 Å². The molecule has 0 radical (unpaired) electrons. The lowest BCUT2D eigenvalue weighted by Crippen LogP contribution is -2.24. The predicted molar refractivity (Wildman–Crippen MR) is 91.9 cm³/mol. The summed E-state index contributed by atoms with van der Waals surface area (Å²) in [7, 11) is -3.72. The molecule has 120 valence electrons. The zero-order valence-electron chi connectivity index (χ0n) is 12.3. The Morgan fingerprint density at radius 1 is 1.18 bits per heavy atom. The van der Waals surface area contributed by atoms with Crippen LogP contribution in [0.5, 0.6) is 0 Å². The van der Waals surface area contributed by atoms with Gasteiger partial charge in [0.25, 0.3) is 0 Å². The van der Waals surface area contributed by atoms with Crippen LogP contribution in [0.2, 0.25) is 0 Å². The Hall–Kier alpha value is -1.30. The zero-order chi connectivity index (χ0) is 14.9. The van der Waals surface area contributed by atoms with Crippen LogP contribution in [0.4, 0.5) is 5.69 Å². The van der Waals surface area contributed by atoms with Crippen molar-refractivity contribution in [2.45, 2.75) is 36.5 Å². The Kier molecular flexibility index (Phi) is 5.32. The van der Waals surface area contributed by atoms with E-state index in [-0.39, 0.29) is 23.2 Å². The Balaban J connectivity index is 0.00000176. The number of sulfonamides is 1. The first-order valence-corrected chi connectivity index (χ1v) is 8.87. The molecule has 3 rings (SSSR count). The van der Waals surface area contributed by atoms with Crippen molar-refractivity contribution in [1.29, 1.82) is 0 Å². The number of hydrogen-bond donors (Lipinski definition) is 1. The Morgan fingerprint density at radius 3 is 2.59 bits per heavy atom. The molecule has 1 aliphatic carbocycles. The normalized spacial score (nSPS) is 21.0. The molecule has 0 bridgehead atoms. The second-order valence-corrected chi connectivity index (χ2v) is 7.10. The zero-order valence-corrected chi connectivity index (χ0v) is 13.9. The third-order valence-electron chi connectivity index (χ3n) is 4.10. The molecule has 1 unspecified atom stereocenters. The molecule has 2 aliphatic rings. The third kappa shape index (κ3) is 3.37. The predicted octanol–water partition coefficient (Wildman–Crippen LogP) is 3.30. The highest BCUT2D eigenvalue weighted by molar-refractivity contribution is 7.89. The van der Waals surface area contributed by atoms with Crippen LogP contribution in [-0.4, -0.2) is 15.0 Å². The fourth-order valence-electron chi connectivity index (χ4n) is 3.13. The van der Waals surface area contributed by atoms with Gasteiger partial charge in [-0.3, -0.25) is 0 Å². The van der Waals surface area contributed by atoms with Crippen molar-refractivity contribution in [3.63, 3.8) is 0 Å². The number of hydrogen-bond acceptors (Lipinski definition) is 3. The summed E-state index contributed by atoms with van der Waals surface area (Å²) in [5.74, 6) is 0.129. The first-order chi connectivity index (χ1) is 10.1. The van der Waals surface area contributed by atoms with Crippen molar-refractivity contribution in [2.24, 2.45) is 5.14 Å². The highest BCUT2D eigenvalue weighted by atomic mass is 35.5. The van der Waals surface area contributed by atoms with E-state index in [1.807, 2.05) is 12.3 Å². The minimum atomic E-state index is -3.72. The number of benzene rings is 1. The summed E-state index contributed by atoms with van der Waals surface area (Å²) < 4.78 is 23.9. The molecule has 1 aliphatic heterocycles. The summed E-state index contributed by atoms with van der Waals surface area (Å²) in [4.78, 5) is 2.40. The number of allylic oxidation sites excluding steroid dienone is 3. The molecule has 4 nitrogen and oxygen atoms in total. The first kappa shape index (κ1) is 17.1. The van der Waals surface area contributed by atoms with Gasteiger partial charge in [0.2, 0.25) is 10.0 Å². The Labute approximate surface area is 138 Å². The van der Waals surface area contributed by atoms with Gasteiger partial charge in [0.05, 0.1) is 4.90 Å². The third-order valence-corrected chi connectivity index (χ3v) is 5.07. The quantitative estimate of drug-likeness (QED) is 0.859. The van der Waals surface area contributed by atoms with E-state index in [2.05, 4.69) is 23.1 Å². The molecular formula is C16H21ClN2O2S. The molecule has 0 amide bonds. The van der Waals surface area contributed by atoms with E-state index in [0.717, 1.165) is 43.5 Å². The largest absolute Gasteiger partial charge is 0.348 e. The monoisotopic (exact) mass is 340 g/mol. The van der Waals surface area contributed by atoms with Crippen molar-refractivity contribution >= 4 is 28.1 Å². The second kappa shape index (κ2) is 6.86. The molecule has 1 aromatic rings. The van der Waals surface area contributed by atoms with Gasteiger partial charge in [-0.1, -0.05) is 24.3 Å². The number of rotatable bonds is 3. The number of nitrogens with two attached hydrogens (primary N) is 1. The molecule has 0 fully saturated rings.